The van der Waals surface area contributed by atoms with Crippen LogP contribution in [0.3, 0.4) is 0 Å². The summed E-state index contributed by atoms with van der Waals surface area (Å²) < 4.78 is 70.7. The molecule has 0 radical (unpaired) electrons. The van der Waals surface area contributed by atoms with Crippen LogP contribution in [0.25, 0.3) is 0 Å². The number of rotatable bonds is 9. The Balaban J connectivity index is 1.46. The molecule has 0 atom stereocenters. The first-order chi connectivity index (χ1) is 14.7. The van der Waals surface area contributed by atoms with Gasteiger partial charge in [-0.1, -0.05) is 12.2 Å². The van der Waals surface area contributed by atoms with E-state index in [0.717, 1.165) is 63.2 Å². The summed E-state index contributed by atoms with van der Waals surface area (Å²) in [6.07, 6.45) is 2.93. The number of benzene rings is 2. The van der Waals surface area contributed by atoms with E-state index in [1.807, 2.05) is 0 Å². The number of nitrogens with one attached hydrogen (secondary N) is 1. The fourth-order valence-corrected chi connectivity index (χ4v) is 4.24. The molecule has 1 N–H and O–H groups in total. The van der Waals surface area contributed by atoms with Gasteiger partial charge >= 0.3 is 6.18 Å². The van der Waals surface area contributed by atoms with Gasteiger partial charge < -0.3 is 4.74 Å². The lowest BCUT2D eigenvalue weighted by molar-refractivity contribution is -0.137. The molecule has 0 saturated heterocycles. The van der Waals surface area contributed by atoms with E-state index in [1.165, 1.54) is 0 Å². The molecular formula is C22H25F3N2O3S. The zero-order valence-corrected chi connectivity index (χ0v) is 17.8. The maximum atomic E-state index is 12.6. The van der Waals surface area contributed by atoms with Crippen molar-refractivity contribution in [3.63, 3.8) is 0 Å². The van der Waals surface area contributed by atoms with Gasteiger partial charge in [0.15, 0.2) is 0 Å². The molecule has 5 nitrogen and oxygen atoms in total. The molecule has 0 aliphatic carbocycles. The van der Waals surface area contributed by atoms with Crippen molar-refractivity contribution < 1.29 is 26.3 Å². The highest BCUT2D eigenvalue weighted by Gasteiger charge is 2.30. The van der Waals surface area contributed by atoms with Gasteiger partial charge in [0.05, 0.1) is 17.1 Å². The van der Waals surface area contributed by atoms with Crippen LogP contribution < -0.4 is 9.46 Å². The summed E-state index contributed by atoms with van der Waals surface area (Å²) in [5.74, 6) is 0.624. The molecule has 0 fully saturated rings. The second-order valence-corrected chi connectivity index (χ2v) is 8.95. The molecule has 2 aromatic carbocycles. The fourth-order valence-electron chi connectivity index (χ4n) is 3.18. The molecule has 3 rings (SSSR count). The predicted octanol–water partition coefficient (Wildman–Crippen LogP) is 4.93. The minimum atomic E-state index is -4.52. The summed E-state index contributed by atoms with van der Waals surface area (Å²) in [6.45, 7) is 3.71. The van der Waals surface area contributed by atoms with Crippen molar-refractivity contribution in [3.05, 3.63) is 66.2 Å². The van der Waals surface area contributed by atoms with Gasteiger partial charge in [-0.3, -0.25) is 9.62 Å². The SMILES string of the molecule is O=S(=O)(Nc1ccc(OCCCCN2CC=CCC2)cc1)c1ccc(C(F)(F)F)cc1. The summed E-state index contributed by atoms with van der Waals surface area (Å²) in [5, 5.41) is 0. The standard InChI is InChI=1S/C22H25F3N2O3S/c23-22(24,25)18-6-12-21(13-7-18)31(28,29)26-19-8-10-20(11-9-19)30-17-5-4-16-27-14-2-1-3-15-27/h1-2,6-13,26H,3-5,14-17H2. The minimum Gasteiger partial charge on any atom is -0.494 e. The van der Waals surface area contributed by atoms with Crippen molar-refractivity contribution in [2.45, 2.75) is 30.3 Å². The van der Waals surface area contributed by atoms with Crippen LogP contribution in [-0.4, -0.2) is 39.6 Å². The number of alkyl halides is 3. The van der Waals surface area contributed by atoms with Crippen LogP contribution in [0.2, 0.25) is 0 Å². The van der Waals surface area contributed by atoms with Crippen LogP contribution in [-0.2, 0) is 16.2 Å². The summed E-state index contributed by atoms with van der Waals surface area (Å²) in [4.78, 5) is 2.16. The Morgan fingerprint density at radius 1 is 0.968 bits per heavy atom. The number of ether oxygens (including phenoxy) is 1. The van der Waals surface area contributed by atoms with Crippen LogP contribution in [0.15, 0.2) is 65.6 Å². The second-order valence-electron chi connectivity index (χ2n) is 7.27. The van der Waals surface area contributed by atoms with Crippen LogP contribution in [0.5, 0.6) is 5.75 Å². The van der Waals surface area contributed by atoms with Crippen molar-refractivity contribution in [3.8, 4) is 5.75 Å². The van der Waals surface area contributed by atoms with Crippen LogP contribution in [0.1, 0.15) is 24.8 Å². The van der Waals surface area contributed by atoms with E-state index in [4.69, 9.17) is 4.74 Å². The molecule has 9 heteroatoms. The predicted molar refractivity (Wildman–Crippen MR) is 114 cm³/mol. The molecular weight excluding hydrogens is 429 g/mol. The molecule has 0 aromatic heterocycles. The first-order valence-corrected chi connectivity index (χ1v) is 11.5. The third kappa shape index (κ3) is 7.00. The highest BCUT2D eigenvalue weighted by atomic mass is 32.2. The summed E-state index contributed by atoms with van der Waals surface area (Å²) in [5.41, 5.74) is -0.605. The van der Waals surface area contributed by atoms with Crippen molar-refractivity contribution in [2.24, 2.45) is 0 Å². The molecule has 168 valence electrons. The first-order valence-electron chi connectivity index (χ1n) is 10.0. The van der Waals surface area contributed by atoms with Crippen molar-refractivity contribution in [1.29, 1.82) is 0 Å². The second kappa shape index (κ2) is 10.2. The molecule has 1 aliphatic heterocycles. The Labute approximate surface area is 180 Å². The van der Waals surface area contributed by atoms with Gasteiger partial charge in [0.1, 0.15) is 5.75 Å². The largest absolute Gasteiger partial charge is 0.494 e. The number of anilines is 1. The molecule has 1 aliphatic rings. The molecule has 0 saturated carbocycles. The lowest BCUT2D eigenvalue weighted by atomic mass is 10.2. The fraction of sp³-hybridized carbons (Fsp3) is 0.364. The van der Waals surface area contributed by atoms with E-state index in [-0.39, 0.29) is 4.90 Å². The molecule has 1 heterocycles. The van der Waals surface area contributed by atoms with Gasteiger partial charge in [0.25, 0.3) is 10.0 Å². The Bertz CT molecular complexity index is 973. The Morgan fingerprint density at radius 3 is 2.29 bits per heavy atom. The van der Waals surface area contributed by atoms with Crippen molar-refractivity contribution in [1.82, 2.24) is 4.90 Å². The molecule has 2 aromatic rings. The van der Waals surface area contributed by atoms with E-state index < -0.39 is 21.8 Å². The van der Waals surface area contributed by atoms with Gasteiger partial charge in [0, 0.05) is 18.8 Å². The molecule has 0 unspecified atom stereocenters. The number of nitrogens with zero attached hydrogens (tertiary/aromatic N) is 1. The van der Waals surface area contributed by atoms with Gasteiger partial charge in [-0.15, -0.1) is 0 Å². The number of halogens is 3. The molecule has 31 heavy (non-hydrogen) atoms. The van der Waals surface area contributed by atoms with Crippen molar-refractivity contribution in [2.75, 3.05) is 31.0 Å². The molecule has 0 bridgehead atoms. The number of unbranched alkanes of at least 4 members (excludes halogenated alkanes) is 1. The lowest BCUT2D eigenvalue weighted by Crippen LogP contribution is -2.28. The number of hydrogen-bond donors (Lipinski definition) is 1. The Hall–Kier alpha value is -2.52. The zero-order chi connectivity index (χ0) is 22.3. The normalized spacial score (nSPS) is 15.1. The van der Waals surface area contributed by atoms with Crippen LogP contribution in [0, 0.1) is 0 Å². The summed E-state index contributed by atoms with van der Waals surface area (Å²) in [6, 6.07) is 9.76. The Kier molecular flexibility index (Phi) is 7.61. The average Bonchev–Trinajstić information content (AvgIpc) is 2.75. The van der Waals surface area contributed by atoms with Gasteiger partial charge in [-0.2, -0.15) is 13.2 Å². The summed E-state index contributed by atoms with van der Waals surface area (Å²) >= 11 is 0. The Morgan fingerprint density at radius 2 is 1.68 bits per heavy atom. The van der Waals surface area contributed by atoms with Gasteiger partial charge in [0.2, 0.25) is 0 Å². The quantitative estimate of drug-likeness (QED) is 0.431. The minimum absolute atomic E-state index is 0.245. The molecule has 0 spiro atoms. The van der Waals surface area contributed by atoms with E-state index in [2.05, 4.69) is 21.8 Å². The maximum Gasteiger partial charge on any atom is 0.416 e. The van der Waals surface area contributed by atoms with E-state index >= 15 is 0 Å². The lowest BCUT2D eigenvalue weighted by Gasteiger charge is -2.22. The molecule has 0 amide bonds. The summed E-state index contributed by atoms with van der Waals surface area (Å²) in [7, 11) is -3.99. The maximum absolute atomic E-state index is 12.6. The highest BCUT2D eigenvalue weighted by Crippen LogP contribution is 2.30. The monoisotopic (exact) mass is 454 g/mol. The number of hydrogen-bond acceptors (Lipinski definition) is 4. The van der Waals surface area contributed by atoms with Gasteiger partial charge in [-0.05, 0) is 74.3 Å². The van der Waals surface area contributed by atoms with Gasteiger partial charge in [-0.25, -0.2) is 8.42 Å². The first kappa shape index (κ1) is 23.1. The van der Waals surface area contributed by atoms with Crippen molar-refractivity contribution >= 4 is 15.7 Å². The third-order valence-corrected chi connectivity index (χ3v) is 6.28. The van der Waals surface area contributed by atoms with E-state index in [9.17, 15) is 21.6 Å². The van der Waals surface area contributed by atoms with Crippen LogP contribution >= 0.6 is 0 Å². The average molecular weight is 455 g/mol. The smallest absolute Gasteiger partial charge is 0.416 e. The van der Waals surface area contributed by atoms with E-state index in [0.29, 0.717) is 18.0 Å². The van der Waals surface area contributed by atoms with Crippen LogP contribution in [0.4, 0.5) is 18.9 Å². The van der Waals surface area contributed by atoms with E-state index in [1.54, 1.807) is 24.3 Å². The topological polar surface area (TPSA) is 58.6 Å². The highest BCUT2D eigenvalue weighted by molar-refractivity contribution is 7.92. The number of sulfonamides is 1. The third-order valence-electron chi connectivity index (χ3n) is 4.88. The zero-order valence-electron chi connectivity index (χ0n) is 16.9.